The normalized spacial score (nSPS) is 21.6. The van der Waals surface area contributed by atoms with Gasteiger partial charge in [-0.05, 0) is 49.4 Å². The highest BCUT2D eigenvalue weighted by Crippen LogP contribution is 2.22. The fourth-order valence-corrected chi connectivity index (χ4v) is 3.05. The first kappa shape index (κ1) is 15.3. The number of benzene rings is 1. The highest BCUT2D eigenvalue weighted by molar-refractivity contribution is 6.30. The number of carbonyl (C=O) groups is 1. The van der Waals surface area contributed by atoms with Crippen LogP contribution in [-0.4, -0.2) is 35.1 Å². The Hall–Kier alpha value is -1.10. The van der Waals surface area contributed by atoms with Crippen molar-refractivity contribution in [3.63, 3.8) is 0 Å². The molecular weight excluding hydrogens is 276 g/mol. The molecule has 1 fully saturated rings. The van der Waals surface area contributed by atoms with Crippen LogP contribution in [0.4, 0.5) is 0 Å². The van der Waals surface area contributed by atoms with Crippen molar-refractivity contribution in [2.24, 2.45) is 11.7 Å². The van der Waals surface area contributed by atoms with E-state index in [-0.39, 0.29) is 0 Å². The second kappa shape index (κ2) is 7.07. The van der Waals surface area contributed by atoms with Crippen LogP contribution in [0, 0.1) is 5.92 Å². The van der Waals surface area contributed by atoms with E-state index in [0.29, 0.717) is 12.3 Å². The number of hydrogen-bond donors (Lipinski definition) is 2. The average Bonchev–Trinajstić information content (AvgIpc) is 2.39. The summed E-state index contributed by atoms with van der Waals surface area (Å²) in [6.45, 7) is 2.82. The monoisotopic (exact) mass is 296 g/mol. The minimum Gasteiger partial charge on any atom is -0.480 e. The lowest BCUT2D eigenvalue weighted by Crippen LogP contribution is -2.39. The fraction of sp³-hybridized carbons (Fsp3) is 0.533. The topological polar surface area (TPSA) is 66.6 Å². The molecule has 0 bridgehead atoms. The average molecular weight is 297 g/mol. The Balaban J connectivity index is 1.88. The van der Waals surface area contributed by atoms with E-state index in [4.69, 9.17) is 22.4 Å². The molecule has 2 rings (SSSR count). The van der Waals surface area contributed by atoms with E-state index >= 15 is 0 Å². The predicted molar refractivity (Wildman–Crippen MR) is 79.7 cm³/mol. The Morgan fingerprint density at radius 1 is 1.55 bits per heavy atom. The SMILES string of the molecule is NC(CC1CCCN(Cc2cccc(Cl)c2)C1)C(=O)O. The lowest BCUT2D eigenvalue weighted by molar-refractivity contribution is -0.139. The number of nitrogens with two attached hydrogens (primary N) is 1. The summed E-state index contributed by atoms with van der Waals surface area (Å²) < 4.78 is 0. The quantitative estimate of drug-likeness (QED) is 0.875. The number of nitrogens with zero attached hydrogens (tertiary/aromatic N) is 1. The molecule has 5 heteroatoms. The molecule has 4 nitrogen and oxygen atoms in total. The molecule has 0 amide bonds. The maximum atomic E-state index is 10.8. The van der Waals surface area contributed by atoms with Crippen molar-refractivity contribution in [1.29, 1.82) is 0 Å². The first-order valence-corrected chi connectivity index (χ1v) is 7.37. The molecule has 3 N–H and O–H groups in total. The van der Waals surface area contributed by atoms with E-state index in [1.807, 2.05) is 18.2 Å². The Labute approximate surface area is 124 Å². The molecule has 0 aliphatic carbocycles. The number of aliphatic carboxylic acids is 1. The molecule has 1 heterocycles. The molecule has 1 saturated heterocycles. The van der Waals surface area contributed by atoms with Crippen LogP contribution < -0.4 is 5.73 Å². The van der Waals surface area contributed by atoms with Crippen LogP contribution in [0.3, 0.4) is 0 Å². The van der Waals surface area contributed by atoms with E-state index < -0.39 is 12.0 Å². The summed E-state index contributed by atoms with van der Waals surface area (Å²) in [5.74, 6) is -0.536. The van der Waals surface area contributed by atoms with Crippen LogP contribution in [0.15, 0.2) is 24.3 Å². The number of carboxylic acids is 1. The van der Waals surface area contributed by atoms with Gasteiger partial charge in [-0.25, -0.2) is 0 Å². The number of piperidine rings is 1. The standard InChI is InChI=1S/C15H21ClN2O2/c16-13-5-1-3-11(7-13)9-18-6-2-4-12(10-18)8-14(17)15(19)20/h1,3,5,7,12,14H,2,4,6,8-10,17H2,(H,19,20). The molecule has 1 aromatic rings. The first-order chi connectivity index (χ1) is 9.54. The second-order valence-electron chi connectivity index (χ2n) is 5.55. The van der Waals surface area contributed by atoms with Gasteiger partial charge in [0, 0.05) is 18.1 Å². The zero-order valence-electron chi connectivity index (χ0n) is 11.5. The van der Waals surface area contributed by atoms with Gasteiger partial charge in [0.05, 0.1) is 0 Å². The van der Waals surface area contributed by atoms with Crippen LogP contribution in [0.2, 0.25) is 5.02 Å². The van der Waals surface area contributed by atoms with Crippen molar-refractivity contribution in [3.8, 4) is 0 Å². The van der Waals surface area contributed by atoms with Crippen LogP contribution in [-0.2, 0) is 11.3 Å². The van der Waals surface area contributed by atoms with Crippen LogP contribution in [0.25, 0.3) is 0 Å². The van der Waals surface area contributed by atoms with Crippen molar-refractivity contribution in [2.45, 2.75) is 31.8 Å². The number of hydrogen-bond acceptors (Lipinski definition) is 3. The van der Waals surface area contributed by atoms with Crippen molar-refractivity contribution in [2.75, 3.05) is 13.1 Å². The maximum Gasteiger partial charge on any atom is 0.320 e. The summed E-state index contributed by atoms with van der Waals surface area (Å²) in [6, 6.07) is 7.13. The zero-order valence-corrected chi connectivity index (χ0v) is 12.2. The highest BCUT2D eigenvalue weighted by Gasteiger charge is 2.24. The summed E-state index contributed by atoms with van der Waals surface area (Å²) >= 11 is 5.99. The number of halogens is 1. The highest BCUT2D eigenvalue weighted by atomic mass is 35.5. The third kappa shape index (κ3) is 4.47. The summed E-state index contributed by atoms with van der Waals surface area (Å²) in [5.41, 5.74) is 6.82. The lowest BCUT2D eigenvalue weighted by Gasteiger charge is -2.33. The maximum absolute atomic E-state index is 10.8. The van der Waals surface area contributed by atoms with Gasteiger partial charge in [-0.15, -0.1) is 0 Å². The minimum atomic E-state index is -0.906. The van der Waals surface area contributed by atoms with Gasteiger partial charge < -0.3 is 10.8 Å². The van der Waals surface area contributed by atoms with Crippen molar-refractivity contribution in [3.05, 3.63) is 34.9 Å². The number of carboxylic acid groups (broad SMARTS) is 1. The minimum absolute atomic E-state index is 0.369. The molecule has 1 aliphatic heterocycles. The third-order valence-electron chi connectivity index (χ3n) is 3.80. The van der Waals surface area contributed by atoms with E-state index in [0.717, 1.165) is 37.5 Å². The molecular formula is C15H21ClN2O2. The molecule has 0 radical (unpaired) electrons. The molecule has 0 spiro atoms. The Bertz CT molecular complexity index is 467. The Morgan fingerprint density at radius 2 is 2.35 bits per heavy atom. The number of rotatable bonds is 5. The predicted octanol–water partition coefficient (Wildman–Crippen LogP) is 2.35. The second-order valence-corrected chi connectivity index (χ2v) is 5.99. The van der Waals surface area contributed by atoms with Crippen LogP contribution >= 0.6 is 11.6 Å². The molecule has 110 valence electrons. The molecule has 0 saturated carbocycles. The van der Waals surface area contributed by atoms with Gasteiger partial charge in [0.15, 0.2) is 0 Å². The van der Waals surface area contributed by atoms with E-state index in [9.17, 15) is 4.79 Å². The van der Waals surface area contributed by atoms with Crippen LogP contribution in [0.1, 0.15) is 24.8 Å². The summed E-state index contributed by atoms with van der Waals surface area (Å²) in [5, 5.41) is 9.64. The summed E-state index contributed by atoms with van der Waals surface area (Å²) in [7, 11) is 0. The zero-order chi connectivity index (χ0) is 14.5. The van der Waals surface area contributed by atoms with E-state index in [1.54, 1.807) is 0 Å². The van der Waals surface area contributed by atoms with Gasteiger partial charge in [0.2, 0.25) is 0 Å². The molecule has 1 aromatic carbocycles. The van der Waals surface area contributed by atoms with Gasteiger partial charge >= 0.3 is 5.97 Å². The van der Waals surface area contributed by atoms with Crippen molar-refractivity contribution in [1.82, 2.24) is 4.90 Å². The summed E-state index contributed by atoms with van der Waals surface area (Å²) in [6.07, 6.45) is 2.71. The molecule has 2 unspecified atom stereocenters. The van der Waals surface area contributed by atoms with E-state index in [2.05, 4.69) is 11.0 Å². The molecule has 0 aromatic heterocycles. The van der Waals surface area contributed by atoms with Gasteiger partial charge in [-0.1, -0.05) is 23.7 Å². The Morgan fingerprint density at radius 3 is 3.05 bits per heavy atom. The van der Waals surface area contributed by atoms with Gasteiger partial charge in [0.25, 0.3) is 0 Å². The lowest BCUT2D eigenvalue weighted by atomic mass is 9.91. The van der Waals surface area contributed by atoms with Gasteiger partial charge in [-0.2, -0.15) is 0 Å². The van der Waals surface area contributed by atoms with Crippen molar-refractivity contribution < 1.29 is 9.90 Å². The fourth-order valence-electron chi connectivity index (χ4n) is 2.84. The summed E-state index contributed by atoms with van der Waals surface area (Å²) in [4.78, 5) is 13.2. The molecule has 1 aliphatic rings. The van der Waals surface area contributed by atoms with Crippen molar-refractivity contribution >= 4 is 17.6 Å². The van der Waals surface area contributed by atoms with Gasteiger partial charge in [0.1, 0.15) is 6.04 Å². The first-order valence-electron chi connectivity index (χ1n) is 7.00. The third-order valence-corrected chi connectivity index (χ3v) is 4.04. The van der Waals surface area contributed by atoms with E-state index in [1.165, 1.54) is 5.56 Å². The Kier molecular flexibility index (Phi) is 5.40. The molecule has 20 heavy (non-hydrogen) atoms. The van der Waals surface area contributed by atoms with Gasteiger partial charge in [-0.3, -0.25) is 9.69 Å². The van der Waals surface area contributed by atoms with Crippen LogP contribution in [0.5, 0.6) is 0 Å². The largest absolute Gasteiger partial charge is 0.480 e. The smallest absolute Gasteiger partial charge is 0.320 e. The number of likely N-dealkylation sites (tertiary alicyclic amines) is 1. The molecule has 2 atom stereocenters.